The Balaban J connectivity index is 2.36. The van der Waals surface area contributed by atoms with Crippen molar-refractivity contribution in [2.24, 2.45) is 0 Å². The zero-order chi connectivity index (χ0) is 14.6. The summed E-state index contributed by atoms with van der Waals surface area (Å²) in [7, 11) is -3.87. The normalized spacial score (nSPS) is 10.8. The van der Waals surface area contributed by atoms with Gasteiger partial charge in [-0.05, 0) is 30.5 Å². The summed E-state index contributed by atoms with van der Waals surface area (Å²) in [6, 6.07) is 9.38. The van der Waals surface area contributed by atoms with Gasteiger partial charge in [-0.15, -0.1) is 11.3 Å². The summed E-state index contributed by atoms with van der Waals surface area (Å²) < 4.78 is 34.6. The van der Waals surface area contributed by atoms with Crippen molar-refractivity contribution in [3.8, 4) is 17.6 Å². The van der Waals surface area contributed by atoms with Gasteiger partial charge in [-0.3, -0.25) is 0 Å². The average molecular weight is 309 g/mol. The highest BCUT2D eigenvalue weighted by Crippen LogP contribution is 2.31. The number of ether oxygens (including phenoxy) is 1. The van der Waals surface area contributed by atoms with Gasteiger partial charge < -0.3 is 8.92 Å². The molecule has 2 rings (SSSR count). The van der Waals surface area contributed by atoms with E-state index in [-0.39, 0.29) is 15.7 Å². The van der Waals surface area contributed by atoms with Crippen LogP contribution in [0.5, 0.6) is 11.5 Å². The Hall–Kier alpha value is -2.04. The van der Waals surface area contributed by atoms with Gasteiger partial charge >= 0.3 is 10.1 Å². The molecule has 0 N–H and O–H groups in total. The van der Waals surface area contributed by atoms with Crippen LogP contribution in [0.3, 0.4) is 0 Å². The fourth-order valence-electron chi connectivity index (χ4n) is 1.48. The number of nitrogens with zero attached hydrogens (tertiary/aromatic N) is 1. The summed E-state index contributed by atoms with van der Waals surface area (Å²) in [6.45, 7) is 2.10. The van der Waals surface area contributed by atoms with Gasteiger partial charge in [-0.25, -0.2) is 0 Å². The van der Waals surface area contributed by atoms with E-state index in [0.29, 0.717) is 12.2 Å². The largest absolute Gasteiger partial charge is 0.490 e. The van der Waals surface area contributed by atoms with Gasteiger partial charge in [0.1, 0.15) is 0 Å². The maximum Gasteiger partial charge on any atom is 0.348 e. The van der Waals surface area contributed by atoms with Crippen LogP contribution in [-0.4, -0.2) is 15.0 Å². The van der Waals surface area contributed by atoms with Gasteiger partial charge in [0.15, 0.2) is 15.7 Å². The lowest BCUT2D eigenvalue weighted by atomic mass is 10.2. The lowest BCUT2D eigenvalue weighted by Crippen LogP contribution is -2.09. The van der Waals surface area contributed by atoms with E-state index >= 15 is 0 Å². The molecule has 0 saturated carbocycles. The van der Waals surface area contributed by atoms with E-state index in [2.05, 4.69) is 0 Å². The number of nitriles is 1. The topological polar surface area (TPSA) is 76.4 Å². The Morgan fingerprint density at radius 2 is 2.10 bits per heavy atom. The lowest BCUT2D eigenvalue weighted by molar-refractivity contribution is 0.327. The molecule has 7 heteroatoms. The number of benzene rings is 1. The second kappa shape index (κ2) is 5.94. The van der Waals surface area contributed by atoms with Crippen molar-refractivity contribution >= 4 is 21.5 Å². The molecule has 0 aliphatic heterocycles. The molecule has 0 bridgehead atoms. The van der Waals surface area contributed by atoms with Crippen LogP contribution in [0.25, 0.3) is 0 Å². The van der Waals surface area contributed by atoms with Crippen LogP contribution in [0, 0.1) is 11.3 Å². The Kier molecular flexibility index (Phi) is 4.27. The van der Waals surface area contributed by atoms with Crippen LogP contribution in [0.2, 0.25) is 0 Å². The molecule has 5 nitrogen and oxygen atoms in total. The molecule has 104 valence electrons. The van der Waals surface area contributed by atoms with Crippen molar-refractivity contribution in [1.82, 2.24) is 0 Å². The number of hydrogen-bond acceptors (Lipinski definition) is 6. The number of rotatable bonds is 5. The third-order valence-electron chi connectivity index (χ3n) is 2.31. The van der Waals surface area contributed by atoms with Crippen molar-refractivity contribution in [2.75, 3.05) is 6.61 Å². The maximum absolute atomic E-state index is 12.0. The fourth-order valence-corrected chi connectivity index (χ4v) is 3.37. The molecule has 0 aliphatic carbocycles. The molecule has 0 radical (unpaired) electrons. The van der Waals surface area contributed by atoms with E-state index in [1.807, 2.05) is 6.07 Å². The second-order valence-electron chi connectivity index (χ2n) is 3.68. The maximum atomic E-state index is 12.0. The Morgan fingerprint density at radius 3 is 2.70 bits per heavy atom. The monoisotopic (exact) mass is 309 g/mol. The molecule has 0 saturated heterocycles. The number of thiophene rings is 1. The van der Waals surface area contributed by atoms with Gasteiger partial charge in [-0.1, -0.05) is 6.07 Å². The molecule has 0 unspecified atom stereocenters. The summed E-state index contributed by atoms with van der Waals surface area (Å²) >= 11 is 1.07. The molecule has 2 aromatic rings. The van der Waals surface area contributed by atoms with Crippen LogP contribution >= 0.6 is 11.3 Å². The van der Waals surface area contributed by atoms with Crippen LogP contribution < -0.4 is 8.92 Å². The predicted octanol–water partition coefficient (Wildman–Crippen LogP) is 2.79. The molecule has 20 heavy (non-hydrogen) atoms. The zero-order valence-corrected chi connectivity index (χ0v) is 12.2. The van der Waals surface area contributed by atoms with Crippen LogP contribution in [-0.2, 0) is 10.1 Å². The molecule has 0 amide bonds. The Labute approximate surface area is 121 Å². The highest BCUT2D eigenvalue weighted by molar-refractivity contribution is 7.89. The predicted molar refractivity (Wildman–Crippen MR) is 74.5 cm³/mol. The molecule has 0 fully saturated rings. The molecule has 1 aromatic heterocycles. The molecule has 0 spiro atoms. The van der Waals surface area contributed by atoms with E-state index in [1.54, 1.807) is 18.4 Å². The smallest absolute Gasteiger partial charge is 0.348 e. The van der Waals surface area contributed by atoms with E-state index < -0.39 is 10.1 Å². The zero-order valence-electron chi connectivity index (χ0n) is 10.6. The summed E-state index contributed by atoms with van der Waals surface area (Å²) in [5.41, 5.74) is 0.370. The second-order valence-corrected chi connectivity index (χ2v) is 6.40. The van der Waals surface area contributed by atoms with Crippen molar-refractivity contribution in [1.29, 1.82) is 5.26 Å². The van der Waals surface area contributed by atoms with Gasteiger partial charge in [-0.2, -0.15) is 13.7 Å². The molecular weight excluding hydrogens is 298 g/mol. The number of hydrogen-bond donors (Lipinski definition) is 0. The lowest BCUT2D eigenvalue weighted by Gasteiger charge is -2.11. The van der Waals surface area contributed by atoms with Gasteiger partial charge in [0.05, 0.1) is 18.2 Å². The third kappa shape index (κ3) is 3.10. The first-order valence-electron chi connectivity index (χ1n) is 5.71. The SMILES string of the molecule is CCOc1cc(C#N)ccc1OS(=O)(=O)c1cccs1. The van der Waals surface area contributed by atoms with E-state index in [0.717, 1.165) is 11.3 Å². The van der Waals surface area contributed by atoms with Crippen LogP contribution in [0.15, 0.2) is 39.9 Å². The van der Waals surface area contributed by atoms with Crippen LogP contribution in [0.4, 0.5) is 0 Å². The van der Waals surface area contributed by atoms with Gasteiger partial charge in [0.2, 0.25) is 0 Å². The van der Waals surface area contributed by atoms with Crippen molar-refractivity contribution < 1.29 is 17.3 Å². The van der Waals surface area contributed by atoms with E-state index in [9.17, 15) is 8.42 Å². The fraction of sp³-hybridized carbons (Fsp3) is 0.154. The quantitative estimate of drug-likeness (QED) is 0.794. The minimum Gasteiger partial charge on any atom is -0.490 e. The summed E-state index contributed by atoms with van der Waals surface area (Å²) in [6.07, 6.45) is 0. The first kappa shape index (κ1) is 14.4. The van der Waals surface area contributed by atoms with Crippen molar-refractivity contribution in [3.63, 3.8) is 0 Å². The summed E-state index contributed by atoms with van der Waals surface area (Å²) in [4.78, 5) is 0. The Morgan fingerprint density at radius 1 is 1.30 bits per heavy atom. The minimum absolute atomic E-state index is 0.0688. The Bertz CT molecular complexity index is 730. The van der Waals surface area contributed by atoms with Crippen molar-refractivity contribution in [3.05, 3.63) is 41.3 Å². The molecule has 0 atom stereocenters. The van der Waals surface area contributed by atoms with Gasteiger partial charge in [0.25, 0.3) is 0 Å². The van der Waals surface area contributed by atoms with Crippen LogP contribution in [0.1, 0.15) is 12.5 Å². The minimum atomic E-state index is -3.87. The molecular formula is C13H11NO4S2. The van der Waals surface area contributed by atoms with E-state index in [4.69, 9.17) is 14.2 Å². The first-order chi connectivity index (χ1) is 9.56. The molecule has 1 aromatic carbocycles. The standard InChI is InChI=1S/C13H11NO4S2/c1-2-17-12-8-10(9-14)5-6-11(12)18-20(15,16)13-4-3-7-19-13/h3-8H,2H2,1H3. The average Bonchev–Trinajstić information content (AvgIpc) is 2.95. The summed E-state index contributed by atoms with van der Waals surface area (Å²) in [5, 5.41) is 10.5. The molecule has 1 heterocycles. The van der Waals surface area contributed by atoms with E-state index in [1.165, 1.54) is 24.3 Å². The first-order valence-corrected chi connectivity index (χ1v) is 8.00. The highest BCUT2D eigenvalue weighted by Gasteiger charge is 2.20. The van der Waals surface area contributed by atoms with Crippen molar-refractivity contribution in [2.45, 2.75) is 11.1 Å². The third-order valence-corrected chi connectivity index (χ3v) is 4.90. The highest BCUT2D eigenvalue weighted by atomic mass is 32.3. The summed E-state index contributed by atoms with van der Waals surface area (Å²) in [5.74, 6) is 0.297. The van der Waals surface area contributed by atoms with Gasteiger partial charge in [0, 0.05) is 6.07 Å². The molecule has 0 aliphatic rings.